The highest BCUT2D eigenvalue weighted by atomic mass is 16.5. The fraction of sp³-hybridized carbons (Fsp3) is 1.00. The molecule has 3 nitrogen and oxygen atoms in total. The summed E-state index contributed by atoms with van der Waals surface area (Å²) in [6, 6.07) is 0.687. The lowest BCUT2D eigenvalue weighted by Crippen LogP contribution is -2.53. The van der Waals surface area contributed by atoms with Crippen LogP contribution in [0.4, 0.5) is 0 Å². The molecule has 1 saturated heterocycles. The fourth-order valence-corrected chi connectivity index (χ4v) is 2.69. The van der Waals surface area contributed by atoms with Gasteiger partial charge in [-0.05, 0) is 18.3 Å². The van der Waals surface area contributed by atoms with Gasteiger partial charge in [-0.15, -0.1) is 0 Å². The van der Waals surface area contributed by atoms with Crippen LogP contribution in [0.1, 0.15) is 33.1 Å². The lowest BCUT2D eigenvalue weighted by molar-refractivity contribution is -0.00920. The zero-order valence-electron chi connectivity index (χ0n) is 10.0. The monoisotopic (exact) mass is 212 g/mol. The smallest absolute Gasteiger partial charge is 0.0608 e. The molecule has 3 unspecified atom stereocenters. The number of ether oxygens (including phenoxy) is 1. The minimum absolute atomic E-state index is 0.687. The number of nitrogens with one attached hydrogen (secondary N) is 1. The minimum atomic E-state index is 0.687. The molecule has 88 valence electrons. The molecule has 0 amide bonds. The molecular formula is C12H24N2O. The molecular weight excluding hydrogens is 188 g/mol. The van der Waals surface area contributed by atoms with Crippen LogP contribution >= 0.6 is 0 Å². The summed E-state index contributed by atoms with van der Waals surface area (Å²) in [6.45, 7) is 8.61. The van der Waals surface area contributed by atoms with Crippen LogP contribution in [0.3, 0.4) is 0 Å². The Labute approximate surface area is 93.1 Å². The molecule has 1 N–H and O–H groups in total. The first-order valence-electron chi connectivity index (χ1n) is 6.36. The molecule has 2 fully saturated rings. The topological polar surface area (TPSA) is 24.5 Å². The van der Waals surface area contributed by atoms with Crippen molar-refractivity contribution in [2.24, 2.45) is 11.8 Å². The van der Waals surface area contributed by atoms with Crippen molar-refractivity contribution in [3.05, 3.63) is 0 Å². The first-order valence-corrected chi connectivity index (χ1v) is 6.36. The van der Waals surface area contributed by atoms with E-state index >= 15 is 0 Å². The lowest BCUT2D eigenvalue weighted by atomic mass is 9.78. The maximum atomic E-state index is 5.36. The second-order valence-electron chi connectivity index (χ2n) is 5.10. The summed E-state index contributed by atoms with van der Waals surface area (Å²) >= 11 is 0. The summed E-state index contributed by atoms with van der Waals surface area (Å²) in [7, 11) is 0. The maximum absolute atomic E-state index is 5.36. The van der Waals surface area contributed by atoms with Gasteiger partial charge in [-0.25, -0.2) is 5.01 Å². The molecule has 1 heterocycles. The Hall–Kier alpha value is -0.120. The third-order valence-corrected chi connectivity index (χ3v) is 4.07. The second-order valence-corrected chi connectivity index (χ2v) is 5.10. The van der Waals surface area contributed by atoms with Gasteiger partial charge in [0.2, 0.25) is 0 Å². The molecule has 15 heavy (non-hydrogen) atoms. The maximum Gasteiger partial charge on any atom is 0.0608 e. The van der Waals surface area contributed by atoms with Crippen molar-refractivity contribution < 1.29 is 4.74 Å². The first kappa shape index (κ1) is 11.4. The highest BCUT2D eigenvalue weighted by Gasteiger charge is 2.28. The van der Waals surface area contributed by atoms with Gasteiger partial charge in [0, 0.05) is 19.1 Å². The largest absolute Gasteiger partial charge is 0.379 e. The molecule has 0 radical (unpaired) electrons. The van der Waals surface area contributed by atoms with Crippen molar-refractivity contribution in [1.82, 2.24) is 10.4 Å². The quantitative estimate of drug-likeness (QED) is 0.753. The first-order chi connectivity index (χ1) is 7.27. The van der Waals surface area contributed by atoms with Gasteiger partial charge in [0.25, 0.3) is 0 Å². The van der Waals surface area contributed by atoms with Crippen molar-refractivity contribution in [1.29, 1.82) is 0 Å². The van der Waals surface area contributed by atoms with Gasteiger partial charge < -0.3 is 4.74 Å². The van der Waals surface area contributed by atoms with E-state index < -0.39 is 0 Å². The molecule has 3 atom stereocenters. The minimum Gasteiger partial charge on any atom is -0.379 e. The van der Waals surface area contributed by atoms with Gasteiger partial charge in [-0.1, -0.05) is 26.7 Å². The van der Waals surface area contributed by atoms with Gasteiger partial charge >= 0.3 is 0 Å². The molecule has 0 spiro atoms. The van der Waals surface area contributed by atoms with Crippen molar-refractivity contribution in [3.63, 3.8) is 0 Å². The van der Waals surface area contributed by atoms with Gasteiger partial charge in [0.15, 0.2) is 0 Å². The Bertz CT molecular complexity index is 192. The summed E-state index contributed by atoms with van der Waals surface area (Å²) in [5.74, 6) is 1.68. The lowest BCUT2D eigenvalue weighted by Gasteiger charge is -2.39. The molecule has 2 rings (SSSR count). The number of hydrogen-bond acceptors (Lipinski definition) is 3. The molecule has 0 aromatic rings. The average molecular weight is 212 g/mol. The molecule has 1 aliphatic heterocycles. The summed E-state index contributed by atoms with van der Waals surface area (Å²) in [5.41, 5.74) is 3.69. The Morgan fingerprint density at radius 3 is 2.60 bits per heavy atom. The van der Waals surface area contributed by atoms with E-state index in [-0.39, 0.29) is 0 Å². The van der Waals surface area contributed by atoms with E-state index in [0.717, 1.165) is 38.1 Å². The van der Waals surface area contributed by atoms with Crippen LogP contribution in [0.15, 0.2) is 0 Å². The zero-order chi connectivity index (χ0) is 10.7. The van der Waals surface area contributed by atoms with E-state index in [9.17, 15) is 0 Å². The Morgan fingerprint density at radius 2 is 1.87 bits per heavy atom. The van der Waals surface area contributed by atoms with E-state index in [1.807, 2.05) is 0 Å². The summed E-state index contributed by atoms with van der Waals surface area (Å²) < 4.78 is 5.36. The molecule has 3 heteroatoms. The van der Waals surface area contributed by atoms with Crippen LogP contribution in [0, 0.1) is 11.8 Å². The van der Waals surface area contributed by atoms with Crippen LogP contribution in [0.2, 0.25) is 0 Å². The van der Waals surface area contributed by atoms with Crippen molar-refractivity contribution in [2.45, 2.75) is 39.2 Å². The Kier molecular flexibility index (Phi) is 4.00. The predicted octanol–water partition coefficient (Wildman–Crippen LogP) is 1.65. The van der Waals surface area contributed by atoms with E-state index in [4.69, 9.17) is 4.74 Å². The van der Waals surface area contributed by atoms with Crippen molar-refractivity contribution >= 4 is 0 Å². The SMILES string of the molecule is CC1CCCC(NN2CCOCC2)C1C. The average Bonchev–Trinajstić information content (AvgIpc) is 2.26. The normalized spacial score (nSPS) is 39.2. The predicted molar refractivity (Wildman–Crippen MR) is 61.5 cm³/mol. The molecule has 0 aromatic carbocycles. The summed E-state index contributed by atoms with van der Waals surface area (Å²) in [4.78, 5) is 0. The summed E-state index contributed by atoms with van der Waals surface area (Å²) in [6.07, 6.45) is 4.12. The molecule has 0 bridgehead atoms. The molecule has 1 aliphatic carbocycles. The number of hydrogen-bond donors (Lipinski definition) is 1. The summed E-state index contributed by atoms with van der Waals surface area (Å²) in [5, 5.41) is 2.35. The highest BCUT2D eigenvalue weighted by molar-refractivity contribution is 4.81. The third kappa shape index (κ3) is 2.92. The van der Waals surface area contributed by atoms with Gasteiger partial charge in [-0.2, -0.15) is 0 Å². The zero-order valence-corrected chi connectivity index (χ0v) is 10.0. The fourth-order valence-electron chi connectivity index (χ4n) is 2.69. The van der Waals surface area contributed by atoms with Crippen LogP contribution < -0.4 is 5.43 Å². The number of hydrazine groups is 1. The van der Waals surface area contributed by atoms with Crippen LogP contribution in [0.25, 0.3) is 0 Å². The molecule has 2 aliphatic rings. The molecule has 0 aromatic heterocycles. The van der Waals surface area contributed by atoms with Crippen LogP contribution in [-0.4, -0.2) is 37.4 Å². The third-order valence-electron chi connectivity index (χ3n) is 4.07. The van der Waals surface area contributed by atoms with Gasteiger partial charge in [-0.3, -0.25) is 5.43 Å². The number of rotatable bonds is 2. The second kappa shape index (κ2) is 5.28. The number of morpholine rings is 1. The van der Waals surface area contributed by atoms with Crippen LogP contribution in [0.5, 0.6) is 0 Å². The van der Waals surface area contributed by atoms with Crippen molar-refractivity contribution in [3.8, 4) is 0 Å². The van der Waals surface area contributed by atoms with E-state index in [1.165, 1.54) is 19.3 Å². The standard InChI is InChI=1S/C12H24N2O/c1-10-4-3-5-12(11(10)2)13-14-6-8-15-9-7-14/h10-13H,3-9H2,1-2H3. The Morgan fingerprint density at radius 1 is 1.13 bits per heavy atom. The van der Waals surface area contributed by atoms with E-state index in [2.05, 4.69) is 24.3 Å². The van der Waals surface area contributed by atoms with E-state index in [0.29, 0.717) is 6.04 Å². The molecule has 1 saturated carbocycles. The van der Waals surface area contributed by atoms with Gasteiger partial charge in [0.1, 0.15) is 0 Å². The van der Waals surface area contributed by atoms with Crippen molar-refractivity contribution in [2.75, 3.05) is 26.3 Å². The van der Waals surface area contributed by atoms with E-state index in [1.54, 1.807) is 0 Å². The van der Waals surface area contributed by atoms with Crippen LogP contribution in [-0.2, 0) is 4.74 Å². The Balaban J connectivity index is 1.81. The van der Waals surface area contributed by atoms with Gasteiger partial charge in [0.05, 0.1) is 13.2 Å². The highest BCUT2D eigenvalue weighted by Crippen LogP contribution is 2.29. The number of nitrogens with zero attached hydrogens (tertiary/aromatic N) is 1.